The molecule has 9 nitrogen and oxygen atoms in total. The fourth-order valence-electron chi connectivity index (χ4n) is 3.25. The molecule has 0 saturated heterocycles. The SMILES string of the molecule is CCOC(=O)C1=C(CSCCN)NC(C)=C(C(=O)OC)C1c1cccc([N+](=O)[O-])c1. The number of rotatable bonds is 9. The predicted molar refractivity (Wildman–Crippen MR) is 114 cm³/mol. The van der Waals surface area contributed by atoms with E-state index in [4.69, 9.17) is 15.2 Å². The third-order valence-electron chi connectivity index (χ3n) is 4.47. The zero-order chi connectivity index (χ0) is 22.3. The number of methoxy groups -OCH3 is 1. The van der Waals surface area contributed by atoms with Gasteiger partial charge in [0.25, 0.3) is 5.69 Å². The number of hydrogen-bond acceptors (Lipinski definition) is 9. The van der Waals surface area contributed by atoms with E-state index in [9.17, 15) is 19.7 Å². The molecular weight excluding hydrogens is 410 g/mol. The predicted octanol–water partition coefficient (Wildman–Crippen LogP) is 2.24. The maximum Gasteiger partial charge on any atom is 0.336 e. The lowest BCUT2D eigenvalue weighted by atomic mass is 9.80. The maximum atomic E-state index is 12.9. The van der Waals surface area contributed by atoms with Gasteiger partial charge in [-0.25, -0.2) is 9.59 Å². The smallest absolute Gasteiger partial charge is 0.336 e. The zero-order valence-electron chi connectivity index (χ0n) is 17.1. The first-order valence-electron chi connectivity index (χ1n) is 9.34. The molecule has 0 aromatic heterocycles. The van der Waals surface area contributed by atoms with Crippen molar-refractivity contribution in [1.29, 1.82) is 0 Å². The molecule has 162 valence electrons. The molecule has 0 aliphatic carbocycles. The quantitative estimate of drug-likeness (QED) is 0.259. The number of carbonyl (C=O) groups excluding carboxylic acids is 2. The Labute approximate surface area is 178 Å². The fraction of sp³-hybridized carbons (Fsp3) is 0.400. The van der Waals surface area contributed by atoms with Crippen molar-refractivity contribution >= 4 is 29.4 Å². The van der Waals surface area contributed by atoms with Crippen LogP contribution in [-0.4, -0.2) is 48.6 Å². The fourth-order valence-corrected chi connectivity index (χ4v) is 3.99. The number of nitrogens with two attached hydrogens (primary N) is 1. The molecule has 1 unspecified atom stereocenters. The van der Waals surface area contributed by atoms with Gasteiger partial charge >= 0.3 is 11.9 Å². The van der Waals surface area contributed by atoms with Gasteiger partial charge in [0.1, 0.15) is 0 Å². The van der Waals surface area contributed by atoms with E-state index in [2.05, 4.69) is 5.32 Å². The molecule has 3 N–H and O–H groups in total. The topological polar surface area (TPSA) is 134 Å². The molecule has 30 heavy (non-hydrogen) atoms. The number of nitrogens with one attached hydrogen (secondary N) is 1. The number of non-ortho nitro benzene ring substituents is 1. The van der Waals surface area contributed by atoms with Gasteiger partial charge in [0.2, 0.25) is 0 Å². The third kappa shape index (κ3) is 5.19. The minimum Gasteiger partial charge on any atom is -0.466 e. The summed E-state index contributed by atoms with van der Waals surface area (Å²) >= 11 is 1.52. The van der Waals surface area contributed by atoms with Crippen molar-refractivity contribution < 1.29 is 24.0 Å². The zero-order valence-corrected chi connectivity index (χ0v) is 17.9. The van der Waals surface area contributed by atoms with E-state index in [1.165, 1.54) is 37.1 Å². The van der Waals surface area contributed by atoms with Crippen molar-refractivity contribution in [2.75, 3.05) is 31.8 Å². The van der Waals surface area contributed by atoms with E-state index < -0.39 is 22.8 Å². The lowest BCUT2D eigenvalue weighted by molar-refractivity contribution is -0.384. The van der Waals surface area contributed by atoms with E-state index in [0.29, 0.717) is 35.0 Å². The first kappa shape index (κ1) is 23.4. The Balaban J connectivity index is 2.70. The molecule has 1 aromatic rings. The molecule has 0 radical (unpaired) electrons. The molecule has 0 amide bonds. The Morgan fingerprint density at radius 1 is 1.30 bits per heavy atom. The van der Waals surface area contributed by atoms with Gasteiger partial charge in [-0.3, -0.25) is 10.1 Å². The Kier molecular flexibility index (Phi) is 8.43. The standard InChI is InChI=1S/C20H25N3O6S/c1-4-29-20(25)18-15(11-30-9-8-21)22-12(2)16(19(24)28-3)17(18)13-6-5-7-14(10-13)23(26)27/h5-7,10,17,22H,4,8-9,11,21H2,1-3H3. The molecule has 1 heterocycles. The van der Waals surface area contributed by atoms with Gasteiger partial charge in [0.15, 0.2) is 0 Å². The first-order valence-corrected chi connectivity index (χ1v) is 10.5. The van der Waals surface area contributed by atoms with E-state index in [1.54, 1.807) is 19.9 Å². The Hall–Kier alpha value is -2.85. The summed E-state index contributed by atoms with van der Waals surface area (Å²) in [4.78, 5) is 36.3. The van der Waals surface area contributed by atoms with Crippen molar-refractivity contribution in [3.05, 3.63) is 62.5 Å². The van der Waals surface area contributed by atoms with Crippen LogP contribution < -0.4 is 11.1 Å². The Morgan fingerprint density at radius 3 is 2.63 bits per heavy atom. The minimum absolute atomic E-state index is 0.142. The van der Waals surface area contributed by atoms with Crippen molar-refractivity contribution in [2.45, 2.75) is 19.8 Å². The van der Waals surface area contributed by atoms with Gasteiger partial charge < -0.3 is 20.5 Å². The lowest BCUT2D eigenvalue weighted by Gasteiger charge is -2.31. The summed E-state index contributed by atoms with van der Waals surface area (Å²) in [5.41, 5.74) is 7.37. The van der Waals surface area contributed by atoms with Gasteiger partial charge in [0, 0.05) is 41.6 Å². The summed E-state index contributed by atoms with van der Waals surface area (Å²) < 4.78 is 10.2. The van der Waals surface area contributed by atoms with Crippen LogP contribution in [0, 0.1) is 10.1 Å². The van der Waals surface area contributed by atoms with Gasteiger partial charge in [-0.1, -0.05) is 12.1 Å². The normalized spacial score (nSPS) is 16.2. The number of nitrogens with zero attached hydrogens (tertiary/aromatic N) is 1. The molecule has 0 spiro atoms. The van der Waals surface area contributed by atoms with Crippen LogP contribution in [0.3, 0.4) is 0 Å². The highest BCUT2D eigenvalue weighted by molar-refractivity contribution is 7.99. The first-order chi connectivity index (χ1) is 14.3. The maximum absolute atomic E-state index is 12.9. The van der Waals surface area contributed by atoms with Crippen molar-refractivity contribution in [3.8, 4) is 0 Å². The minimum atomic E-state index is -0.869. The molecule has 1 aliphatic rings. The van der Waals surface area contributed by atoms with Gasteiger partial charge in [-0.15, -0.1) is 0 Å². The number of nitro benzene ring substituents is 1. The molecule has 2 rings (SSSR count). The number of carbonyl (C=O) groups is 2. The Bertz CT molecular complexity index is 896. The van der Waals surface area contributed by atoms with Crippen LogP contribution in [0.4, 0.5) is 5.69 Å². The molecular formula is C20H25N3O6S. The number of hydrogen-bond donors (Lipinski definition) is 2. The monoisotopic (exact) mass is 435 g/mol. The van der Waals surface area contributed by atoms with Crippen molar-refractivity contribution in [1.82, 2.24) is 5.32 Å². The number of thioether (sulfide) groups is 1. The summed E-state index contributed by atoms with van der Waals surface area (Å²) in [6.07, 6.45) is 0. The van der Waals surface area contributed by atoms with Crippen LogP contribution in [0.15, 0.2) is 46.8 Å². The Morgan fingerprint density at radius 2 is 2.03 bits per heavy atom. The van der Waals surface area contributed by atoms with Crippen LogP contribution in [0.25, 0.3) is 0 Å². The second-order valence-corrected chi connectivity index (χ2v) is 7.50. The number of dihydropyridines is 1. The number of esters is 2. The van der Waals surface area contributed by atoms with Crippen LogP contribution in [-0.2, 0) is 19.1 Å². The van der Waals surface area contributed by atoms with E-state index >= 15 is 0 Å². The molecule has 10 heteroatoms. The van der Waals surface area contributed by atoms with E-state index in [-0.39, 0.29) is 23.4 Å². The van der Waals surface area contributed by atoms with Crippen LogP contribution >= 0.6 is 11.8 Å². The van der Waals surface area contributed by atoms with Crippen LogP contribution in [0.1, 0.15) is 25.3 Å². The number of benzene rings is 1. The molecule has 1 atom stereocenters. The van der Waals surface area contributed by atoms with Crippen molar-refractivity contribution in [2.24, 2.45) is 5.73 Å². The third-order valence-corrected chi connectivity index (χ3v) is 5.49. The van der Waals surface area contributed by atoms with Crippen LogP contribution in [0.5, 0.6) is 0 Å². The highest BCUT2D eigenvalue weighted by Gasteiger charge is 2.39. The van der Waals surface area contributed by atoms with Crippen molar-refractivity contribution in [3.63, 3.8) is 0 Å². The second-order valence-electron chi connectivity index (χ2n) is 6.39. The average Bonchev–Trinajstić information content (AvgIpc) is 2.73. The highest BCUT2D eigenvalue weighted by Crippen LogP contribution is 2.40. The molecule has 1 aliphatic heterocycles. The summed E-state index contributed by atoms with van der Waals surface area (Å²) in [7, 11) is 1.24. The van der Waals surface area contributed by atoms with E-state index in [1.807, 2.05) is 0 Å². The second kappa shape index (κ2) is 10.8. The van der Waals surface area contributed by atoms with Gasteiger partial charge in [0.05, 0.1) is 35.7 Å². The highest BCUT2D eigenvalue weighted by atomic mass is 32.2. The summed E-state index contributed by atoms with van der Waals surface area (Å²) in [5, 5.41) is 14.4. The number of ether oxygens (including phenoxy) is 2. The lowest BCUT2D eigenvalue weighted by Crippen LogP contribution is -2.34. The van der Waals surface area contributed by atoms with Gasteiger partial charge in [-0.2, -0.15) is 11.8 Å². The summed E-state index contributed by atoms with van der Waals surface area (Å²) in [5.74, 6) is -0.991. The molecule has 0 bridgehead atoms. The average molecular weight is 436 g/mol. The molecule has 0 saturated carbocycles. The molecule has 0 fully saturated rings. The summed E-state index contributed by atoms with van der Waals surface area (Å²) in [6, 6.07) is 5.87. The van der Waals surface area contributed by atoms with E-state index in [0.717, 1.165) is 0 Å². The number of allylic oxidation sites excluding steroid dienone is 1. The molecule has 1 aromatic carbocycles. The largest absolute Gasteiger partial charge is 0.466 e. The van der Waals surface area contributed by atoms with Crippen LogP contribution in [0.2, 0.25) is 0 Å². The number of nitro groups is 1. The van der Waals surface area contributed by atoms with Gasteiger partial charge in [-0.05, 0) is 19.4 Å². The summed E-state index contributed by atoms with van der Waals surface area (Å²) in [6.45, 7) is 4.00.